The number of sulfonamides is 1. The Hall–Kier alpha value is -3.04. The highest BCUT2D eigenvalue weighted by molar-refractivity contribution is 7.89. The van der Waals surface area contributed by atoms with Gasteiger partial charge in [-0.05, 0) is 48.6 Å². The Labute approximate surface area is 186 Å². The van der Waals surface area contributed by atoms with Crippen molar-refractivity contribution in [3.63, 3.8) is 0 Å². The number of fused-ring (bicyclic) bond motifs is 1. The van der Waals surface area contributed by atoms with Crippen LogP contribution in [0.2, 0.25) is 0 Å². The van der Waals surface area contributed by atoms with Gasteiger partial charge in [0.1, 0.15) is 0 Å². The second-order valence-corrected chi connectivity index (χ2v) is 9.89. The highest BCUT2D eigenvalue weighted by atomic mass is 32.2. The Kier molecular flexibility index (Phi) is 6.12. The smallest absolute Gasteiger partial charge is 0.261 e. The number of amides is 3. The molecule has 3 amide bonds. The summed E-state index contributed by atoms with van der Waals surface area (Å²) in [5, 5.41) is 8.02. The molecular weight excluding hydrogens is 430 g/mol. The second-order valence-electron chi connectivity index (χ2n) is 8.32. The molecule has 0 radical (unpaired) electrons. The van der Waals surface area contributed by atoms with Gasteiger partial charge in [-0.1, -0.05) is 37.1 Å². The maximum absolute atomic E-state index is 12.9. The van der Waals surface area contributed by atoms with Crippen LogP contribution in [0.15, 0.2) is 53.4 Å². The fraction of sp³-hybridized carbons (Fsp3) is 0.348. The van der Waals surface area contributed by atoms with E-state index >= 15 is 0 Å². The van der Waals surface area contributed by atoms with Crippen molar-refractivity contribution in [2.24, 2.45) is 17.0 Å². The van der Waals surface area contributed by atoms with Crippen molar-refractivity contribution >= 4 is 27.7 Å². The predicted octanol–water partition coefficient (Wildman–Crippen LogP) is 2.05. The van der Waals surface area contributed by atoms with Crippen molar-refractivity contribution in [1.82, 2.24) is 10.2 Å². The molecule has 32 heavy (non-hydrogen) atoms. The molecule has 0 bridgehead atoms. The molecule has 0 aromatic heterocycles. The van der Waals surface area contributed by atoms with Crippen LogP contribution in [0.5, 0.6) is 0 Å². The van der Waals surface area contributed by atoms with E-state index in [-0.39, 0.29) is 47.5 Å². The number of nitrogens with two attached hydrogens (primary N) is 1. The average Bonchev–Trinajstić information content (AvgIpc) is 3.02. The lowest BCUT2D eigenvalue weighted by molar-refractivity contribution is -0.128. The monoisotopic (exact) mass is 455 g/mol. The summed E-state index contributed by atoms with van der Waals surface area (Å²) in [5.74, 6) is -1.12. The van der Waals surface area contributed by atoms with Gasteiger partial charge in [0.2, 0.25) is 15.9 Å². The summed E-state index contributed by atoms with van der Waals surface area (Å²) in [7, 11) is -3.76. The molecule has 1 aliphatic heterocycles. The van der Waals surface area contributed by atoms with Crippen LogP contribution in [0.1, 0.15) is 52.0 Å². The summed E-state index contributed by atoms with van der Waals surface area (Å²) in [6.45, 7) is 0.480. The first-order valence-electron chi connectivity index (χ1n) is 10.6. The minimum Gasteiger partial charge on any atom is -0.352 e. The number of primary sulfonamides is 1. The Balaban J connectivity index is 1.41. The lowest BCUT2D eigenvalue weighted by Gasteiger charge is -2.32. The predicted molar refractivity (Wildman–Crippen MR) is 117 cm³/mol. The van der Waals surface area contributed by atoms with Gasteiger partial charge in [0.05, 0.1) is 16.0 Å². The molecule has 3 N–H and O–H groups in total. The Morgan fingerprint density at radius 1 is 0.969 bits per heavy atom. The third-order valence-electron chi connectivity index (χ3n) is 6.26. The molecule has 8 nitrogen and oxygen atoms in total. The molecule has 2 unspecified atom stereocenters. The van der Waals surface area contributed by atoms with Gasteiger partial charge >= 0.3 is 0 Å². The van der Waals surface area contributed by atoms with Crippen molar-refractivity contribution < 1.29 is 22.8 Å². The molecule has 2 atom stereocenters. The molecular formula is C23H25N3O5S. The maximum atomic E-state index is 12.9. The quantitative estimate of drug-likeness (QED) is 0.645. The van der Waals surface area contributed by atoms with Crippen LogP contribution in [0, 0.1) is 11.8 Å². The summed E-state index contributed by atoms with van der Waals surface area (Å²) in [4.78, 5) is 39.7. The number of benzene rings is 2. The van der Waals surface area contributed by atoms with Crippen LogP contribution < -0.4 is 10.5 Å². The zero-order chi connectivity index (χ0) is 22.9. The third-order valence-corrected chi connectivity index (χ3v) is 7.19. The summed E-state index contributed by atoms with van der Waals surface area (Å²) in [6.07, 6.45) is 3.34. The molecule has 1 aliphatic carbocycles. The molecule has 1 heterocycles. The van der Waals surface area contributed by atoms with Crippen molar-refractivity contribution in [3.8, 4) is 0 Å². The van der Waals surface area contributed by atoms with Gasteiger partial charge in [0.15, 0.2) is 0 Å². The topological polar surface area (TPSA) is 127 Å². The van der Waals surface area contributed by atoms with Gasteiger partial charge in [-0.25, -0.2) is 13.6 Å². The summed E-state index contributed by atoms with van der Waals surface area (Å²) in [5.41, 5.74) is 1.58. The van der Waals surface area contributed by atoms with Crippen molar-refractivity contribution in [2.75, 3.05) is 6.54 Å². The Morgan fingerprint density at radius 2 is 1.56 bits per heavy atom. The minimum absolute atomic E-state index is 0.0147. The molecule has 1 saturated carbocycles. The van der Waals surface area contributed by atoms with Gasteiger partial charge in [-0.3, -0.25) is 19.3 Å². The SMILES string of the molecule is NS(=O)(=O)c1ccc(CNC(=O)C2CCCCC2CN2C(=O)c3ccccc3C2=O)cc1. The summed E-state index contributed by atoms with van der Waals surface area (Å²) < 4.78 is 22.7. The van der Waals surface area contributed by atoms with E-state index in [0.717, 1.165) is 24.8 Å². The zero-order valence-electron chi connectivity index (χ0n) is 17.5. The Bertz CT molecular complexity index is 1130. The van der Waals surface area contributed by atoms with Crippen LogP contribution in [0.4, 0.5) is 0 Å². The van der Waals surface area contributed by atoms with Crippen molar-refractivity contribution in [3.05, 3.63) is 65.2 Å². The molecule has 1 fully saturated rings. The fourth-order valence-electron chi connectivity index (χ4n) is 4.53. The van der Waals surface area contributed by atoms with E-state index in [1.165, 1.54) is 17.0 Å². The van der Waals surface area contributed by atoms with E-state index < -0.39 is 10.0 Å². The summed E-state index contributed by atoms with van der Waals surface area (Å²) >= 11 is 0. The van der Waals surface area contributed by atoms with Crippen LogP contribution in [-0.4, -0.2) is 37.6 Å². The second kappa shape index (κ2) is 8.84. The van der Waals surface area contributed by atoms with Gasteiger partial charge in [-0.2, -0.15) is 0 Å². The van der Waals surface area contributed by atoms with Crippen LogP contribution >= 0.6 is 0 Å². The van der Waals surface area contributed by atoms with Crippen LogP contribution in [0.3, 0.4) is 0 Å². The molecule has 2 aliphatic rings. The first-order valence-corrected chi connectivity index (χ1v) is 12.1. The fourth-order valence-corrected chi connectivity index (χ4v) is 5.04. The van der Waals surface area contributed by atoms with Crippen LogP contribution in [0.25, 0.3) is 0 Å². The number of nitrogens with zero attached hydrogens (tertiary/aromatic N) is 1. The molecule has 2 aromatic carbocycles. The van der Waals surface area contributed by atoms with E-state index in [4.69, 9.17) is 5.14 Å². The van der Waals surface area contributed by atoms with E-state index in [1.807, 2.05) is 0 Å². The van der Waals surface area contributed by atoms with Gasteiger partial charge in [-0.15, -0.1) is 0 Å². The number of nitrogens with one attached hydrogen (secondary N) is 1. The maximum Gasteiger partial charge on any atom is 0.261 e. The number of rotatable bonds is 6. The van der Waals surface area contributed by atoms with Gasteiger partial charge < -0.3 is 5.32 Å². The number of carbonyl (C=O) groups is 3. The number of hydrogen-bond donors (Lipinski definition) is 2. The highest BCUT2D eigenvalue weighted by Crippen LogP contribution is 2.33. The first kappa shape index (κ1) is 22.2. The third kappa shape index (κ3) is 4.44. The molecule has 0 spiro atoms. The molecule has 0 saturated heterocycles. The van der Waals surface area contributed by atoms with E-state index in [2.05, 4.69) is 5.32 Å². The van der Waals surface area contributed by atoms with E-state index in [0.29, 0.717) is 17.5 Å². The van der Waals surface area contributed by atoms with Crippen molar-refractivity contribution in [2.45, 2.75) is 37.1 Å². The lowest BCUT2D eigenvalue weighted by atomic mass is 9.78. The average molecular weight is 456 g/mol. The van der Waals surface area contributed by atoms with Crippen LogP contribution in [-0.2, 0) is 21.4 Å². The van der Waals surface area contributed by atoms with E-state index in [1.54, 1.807) is 36.4 Å². The lowest BCUT2D eigenvalue weighted by Crippen LogP contribution is -2.43. The first-order chi connectivity index (χ1) is 15.3. The normalized spacial score (nSPS) is 20.8. The van der Waals surface area contributed by atoms with Gasteiger partial charge in [0, 0.05) is 19.0 Å². The molecule has 9 heteroatoms. The molecule has 168 valence electrons. The van der Waals surface area contributed by atoms with Gasteiger partial charge in [0.25, 0.3) is 11.8 Å². The minimum atomic E-state index is -3.76. The number of imide groups is 1. The molecule has 2 aromatic rings. The number of hydrogen-bond acceptors (Lipinski definition) is 5. The van der Waals surface area contributed by atoms with Crippen molar-refractivity contribution in [1.29, 1.82) is 0 Å². The molecule has 4 rings (SSSR count). The largest absolute Gasteiger partial charge is 0.352 e. The highest BCUT2D eigenvalue weighted by Gasteiger charge is 2.39. The zero-order valence-corrected chi connectivity index (χ0v) is 18.3. The number of carbonyl (C=O) groups excluding carboxylic acids is 3. The standard InChI is InChI=1S/C23H25N3O5S/c24-32(30,31)17-11-9-15(10-12-17)13-25-21(27)18-6-2-1-5-16(18)14-26-22(28)19-7-3-4-8-20(19)23(26)29/h3-4,7-12,16,18H,1-2,5-6,13-14H2,(H,25,27)(H2,24,30,31). The Morgan fingerprint density at radius 3 is 2.16 bits per heavy atom. The summed E-state index contributed by atoms with van der Waals surface area (Å²) in [6, 6.07) is 12.8. The van der Waals surface area contributed by atoms with E-state index in [9.17, 15) is 22.8 Å².